The third kappa shape index (κ3) is 2.90. The maximum atomic E-state index is 13.1. The highest BCUT2D eigenvalue weighted by atomic mass is 19.1. The lowest BCUT2D eigenvalue weighted by molar-refractivity contribution is 0.0423. The number of hydrogen-bond acceptors (Lipinski definition) is 1. The van der Waals surface area contributed by atoms with Crippen molar-refractivity contribution in [2.75, 3.05) is 6.54 Å². The lowest BCUT2D eigenvalue weighted by atomic mass is 9.55. The van der Waals surface area contributed by atoms with Gasteiger partial charge in [0.15, 0.2) is 0 Å². The first-order valence-corrected chi connectivity index (χ1v) is 8.00. The lowest BCUT2D eigenvalue weighted by Crippen LogP contribution is -2.56. The average molecular weight is 277 g/mol. The third-order valence-corrected chi connectivity index (χ3v) is 5.18. The van der Waals surface area contributed by atoms with E-state index >= 15 is 0 Å². The van der Waals surface area contributed by atoms with Crippen molar-refractivity contribution in [2.45, 2.75) is 58.4 Å². The smallest absolute Gasteiger partial charge is 0.123 e. The van der Waals surface area contributed by atoms with Crippen molar-refractivity contribution in [2.24, 2.45) is 11.8 Å². The first-order chi connectivity index (χ1) is 9.50. The van der Waals surface area contributed by atoms with Gasteiger partial charge in [-0.3, -0.25) is 0 Å². The van der Waals surface area contributed by atoms with Crippen LogP contribution in [0.5, 0.6) is 0 Å². The Kier molecular flexibility index (Phi) is 4.85. The molecule has 0 aromatic heterocycles. The molecule has 1 aromatic rings. The molecule has 0 aliphatic heterocycles. The SMILES string of the molecule is CCCNC1CC(C(C)(C)c2ccc(F)cc2)C1CC. The van der Waals surface area contributed by atoms with Gasteiger partial charge < -0.3 is 5.32 Å². The summed E-state index contributed by atoms with van der Waals surface area (Å²) in [4.78, 5) is 0. The fourth-order valence-electron chi connectivity index (χ4n) is 3.76. The summed E-state index contributed by atoms with van der Waals surface area (Å²) >= 11 is 0. The zero-order valence-electron chi connectivity index (χ0n) is 13.2. The van der Waals surface area contributed by atoms with Crippen LogP contribution in [0, 0.1) is 17.7 Å². The first-order valence-electron chi connectivity index (χ1n) is 8.00. The van der Waals surface area contributed by atoms with E-state index in [4.69, 9.17) is 0 Å². The molecule has 0 saturated heterocycles. The Hall–Kier alpha value is -0.890. The van der Waals surface area contributed by atoms with Crippen molar-refractivity contribution in [1.82, 2.24) is 5.32 Å². The van der Waals surface area contributed by atoms with Crippen molar-refractivity contribution in [3.8, 4) is 0 Å². The molecule has 1 N–H and O–H groups in total. The molecule has 20 heavy (non-hydrogen) atoms. The molecule has 2 rings (SSSR count). The van der Waals surface area contributed by atoms with E-state index in [0.29, 0.717) is 12.0 Å². The molecule has 1 saturated carbocycles. The number of nitrogens with one attached hydrogen (secondary N) is 1. The van der Waals surface area contributed by atoms with Gasteiger partial charge in [0.05, 0.1) is 0 Å². The van der Waals surface area contributed by atoms with Crippen molar-refractivity contribution in [1.29, 1.82) is 0 Å². The Morgan fingerprint density at radius 2 is 1.85 bits per heavy atom. The second-order valence-electron chi connectivity index (χ2n) is 6.70. The summed E-state index contributed by atoms with van der Waals surface area (Å²) in [6.45, 7) is 10.2. The van der Waals surface area contributed by atoms with Gasteiger partial charge in [0.2, 0.25) is 0 Å². The Bertz CT molecular complexity index is 424. The first kappa shape index (κ1) is 15.5. The van der Waals surface area contributed by atoms with Crippen LogP contribution in [-0.4, -0.2) is 12.6 Å². The number of halogens is 1. The Morgan fingerprint density at radius 1 is 1.20 bits per heavy atom. The normalized spacial score (nSPS) is 26.4. The van der Waals surface area contributed by atoms with Crippen LogP contribution >= 0.6 is 0 Å². The molecule has 1 aliphatic carbocycles. The van der Waals surface area contributed by atoms with Crippen LogP contribution in [0.3, 0.4) is 0 Å². The van der Waals surface area contributed by atoms with E-state index in [1.54, 1.807) is 12.1 Å². The quantitative estimate of drug-likeness (QED) is 0.806. The summed E-state index contributed by atoms with van der Waals surface area (Å²) in [7, 11) is 0. The van der Waals surface area contributed by atoms with Crippen molar-refractivity contribution < 1.29 is 4.39 Å². The van der Waals surface area contributed by atoms with Gasteiger partial charge in [0, 0.05) is 6.04 Å². The van der Waals surface area contributed by atoms with Gasteiger partial charge in [-0.15, -0.1) is 0 Å². The van der Waals surface area contributed by atoms with Crippen molar-refractivity contribution in [3.05, 3.63) is 35.6 Å². The molecule has 0 bridgehead atoms. The zero-order chi connectivity index (χ0) is 14.8. The van der Waals surface area contributed by atoms with E-state index in [1.165, 1.54) is 24.8 Å². The van der Waals surface area contributed by atoms with Gasteiger partial charge in [-0.25, -0.2) is 4.39 Å². The van der Waals surface area contributed by atoms with E-state index in [9.17, 15) is 4.39 Å². The molecule has 2 heteroatoms. The molecule has 3 atom stereocenters. The molecule has 1 fully saturated rings. The fourth-order valence-corrected chi connectivity index (χ4v) is 3.76. The second kappa shape index (κ2) is 6.26. The summed E-state index contributed by atoms with van der Waals surface area (Å²) < 4.78 is 13.1. The van der Waals surface area contributed by atoms with Crippen LogP contribution in [0.15, 0.2) is 24.3 Å². The van der Waals surface area contributed by atoms with E-state index in [0.717, 1.165) is 12.5 Å². The van der Waals surface area contributed by atoms with E-state index in [2.05, 4.69) is 33.0 Å². The summed E-state index contributed by atoms with van der Waals surface area (Å²) in [6.07, 6.45) is 3.65. The van der Waals surface area contributed by atoms with E-state index in [1.807, 2.05) is 12.1 Å². The lowest BCUT2D eigenvalue weighted by Gasteiger charge is -2.53. The highest BCUT2D eigenvalue weighted by molar-refractivity contribution is 5.27. The molecular formula is C18H28FN. The Labute approximate surface area is 123 Å². The van der Waals surface area contributed by atoms with Gasteiger partial charge in [0.1, 0.15) is 5.82 Å². The topological polar surface area (TPSA) is 12.0 Å². The largest absolute Gasteiger partial charge is 0.314 e. The van der Waals surface area contributed by atoms with Crippen molar-refractivity contribution in [3.63, 3.8) is 0 Å². The average Bonchev–Trinajstić information content (AvgIpc) is 2.38. The fraction of sp³-hybridized carbons (Fsp3) is 0.667. The van der Waals surface area contributed by atoms with Gasteiger partial charge in [0.25, 0.3) is 0 Å². The minimum absolute atomic E-state index is 0.124. The number of hydrogen-bond donors (Lipinski definition) is 1. The second-order valence-corrected chi connectivity index (χ2v) is 6.70. The van der Waals surface area contributed by atoms with Gasteiger partial charge in [-0.2, -0.15) is 0 Å². The number of rotatable bonds is 6. The number of benzene rings is 1. The molecule has 0 amide bonds. The van der Waals surface area contributed by atoms with Crippen LogP contribution in [0.4, 0.5) is 4.39 Å². The van der Waals surface area contributed by atoms with Crippen LogP contribution in [-0.2, 0) is 5.41 Å². The summed E-state index contributed by atoms with van der Waals surface area (Å²) in [5.74, 6) is 1.28. The third-order valence-electron chi connectivity index (χ3n) is 5.18. The van der Waals surface area contributed by atoms with E-state index in [-0.39, 0.29) is 11.2 Å². The molecular weight excluding hydrogens is 249 g/mol. The highest BCUT2D eigenvalue weighted by Gasteiger charge is 2.47. The molecule has 1 aliphatic rings. The standard InChI is InChI=1S/C18H28FN/c1-5-11-20-17-12-16(15(17)6-2)18(3,4)13-7-9-14(19)10-8-13/h7-10,15-17,20H,5-6,11-12H2,1-4H3. The van der Waals surface area contributed by atoms with Crippen LogP contribution < -0.4 is 5.32 Å². The molecule has 0 spiro atoms. The molecule has 0 radical (unpaired) electrons. The monoisotopic (exact) mass is 277 g/mol. The van der Waals surface area contributed by atoms with Crippen LogP contribution in [0.1, 0.15) is 52.5 Å². The van der Waals surface area contributed by atoms with Crippen molar-refractivity contribution >= 4 is 0 Å². The van der Waals surface area contributed by atoms with Gasteiger partial charge in [-0.1, -0.05) is 46.2 Å². The summed E-state index contributed by atoms with van der Waals surface area (Å²) in [6, 6.07) is 7.75. The predicted molar refractivity (Wildman–Crippen MR) is 83.4 cm³/mol. The molecule has 0 heterocycles. The highest BCUT2D eigenvalue weighted by Crippen LogP contribution is 2.49. The molecule has 112 valence electrons. The Balaban J connectivity index is 2.08. The maximum Gasteiger partial charge on any atom is 0.123 e. The zero-order valence-corrected chi connectivity index (χ0v) is 13.2. The minimum Gasteiger partial charge on any atom is -0.314 e. The Morgan fingerprint density at radius 3 is 2.40 bits per heavy atom. The molecule has 3 unspecified atom stereocenters. The van der Waals surface area contributed by atoms with Gasteiger partial charge in [-0.05, 0) is 54.3 Å². The van der Waals surface area contributed by atoms with E-state index < -0.39 is 0 Å². The van der Waals surface area contributed by atoms with Crippen LogP contribution in [0.2, 0.25) is 0 Å². The van der Waals surface area contributed by atoms with Gasteiger partial charge >= 0.3 is 0 Å². The maximum absolute atomic E-state index is 13.1. The van der Waals surface area contributed by atoms with Crippen LogP contribution in [0.25, 0.3) is 0 Å². The predicted octanol–water partition coefficient (Wildman–Crippen LogP) is 4.52. The summed E-state index contributed by atoms with van der Waals surface area (Å²) in [5.41, 5.74) is 1.38. The molecule has 1 nitrogen and oxygen atoms in total. The summed E-state index contributed by atoms with van der Waals surface area (Å²) in [5, 5.41) is 3.67. The molecule has 1 aromatic carbocycles. The minimum atomic E-state index is -0.146.